The Labute approximate surface area is 190 Å². The van der Waals surface area contributed by atoms with Crippen LogP contribution in [0.1, 0.15) is 90.3 Å². The molecule has 2 aromatic carbocycles. The van der Waals surface area contributed by atoms with Crippen molar-refractivity contribution in [3.63, 3.8) is 0 Å². The number of carbonyl (C=O) groups is 1. The van der Waals surface area contributed by atoms with Gasteiger partial charge in [-0.15, -0.1) is 0 Å². The SMILES string of the molecule is CC.CC(C)(C)c1ccccc1.CCCCC1=NN(C(C)=O)CC1c1ccccc1C. The van der Waals surface area contributed by atoms with E-state index in [1.54, 1.807) is 11.9 Å². The predicted octanol–water partition coefficient (Wildman–Crippen LogP) is 7.50. The summed E-state index contributed by atoms with van der Waals surface area (Å²) in [5, 5.41) is 6.14. The van der Waals surface area contributed by atoms with Gasteiger partial charge >= 0.3 is 0 Å². The van der Waals surface area contributed by atoms with Gasteiger partial charge in [-0.05, 0) is 41.9 Å². The molecular formula is C28H42N2O. The van der Waals surface area contributed by atoms with Gasteiger partial charge < -0.3 is 0 Å². The lowest BCUT2D eigenvalue weighted by Crippen LogP contribution is -2.23. The molecule has 0 saturated heterocycles. The maximum Gasteiger partial charge on any atom is 0.239 e. The van der Waals surface area contributed by atoms with Crippen LogP contribution in [0.4, 0.5) is 0 Å². The van der Waals surface area contributed by atoms with Gasteiger partial charge in [-0.3, -0.25) is 4.79 Å². The summed E-state index contributed by atoms with van der Waals surface area (Å²) >= 11 is 0. The molecule has 1 atom stereocenters. The Hall–Kier alpha value is -2.42. The minimum atomic E-state index is 0.0325. The topological polar surface area (TPSA) is 32.7 Å². The Kier molecular flexibility index (Phi) is 11.2. The molecule has 31 heavy (non-hydrogen) atoms. The van der Waals surface area contributed by atoms with Crippen LogP contribution in [-0.2, 0) is 10.2 Å². The van der Waals surface area contributed by atoms with Crippen molar-refractivity contribution in [2.24, 2.45) is 5.10 Å². The lowest BCUT2D eigenvalue weighted by molar-refractivity contribution is -0.128. The standard InChI is InChI=1S/C16H22N2O.C10H14.C2H6/c1-4-5-10-16-15(11-18(17-16)13(3)19)14-9-7-6-8-12(14)2;1-10(2,3)9-7-5-4-6-8-9;1-2/h6-9,15H,4-5,10-11H2,1-3H3;4-8H,1-3H3;1-2H3. The molecule has 0 aromatic heterocycles. The van der Waals surface area contributed by atoms with Crippen LogP contribution in [0.2, 0.25) is 0 Å². The van der Waals surface area contributed by atoms with E-state index < -0.39 is 0 Å². The molecule has 2 aromatic rings. The summed E-state index contributed by atoms with van der Waals surface area (Å²) in [4.78, 5) is 11.5. The second-order valence-electron chi connectivity index (χ2n) is 8.82. The van der Waals surface area contributed by atoms with Crippen molar-refractivity contribution in [3.05, 3.63) is 71.3 Å². The van der Waals surface area contributed by atoms with E-state index >= 15 is 0 Å². The fourth-order valence-corrected chi connectivity index (χ4v) is 3.52. The Bertz CT molecular complexity index is 818. The fourth-order valence-electron chi connectivity index (χ4n) is 3.52. The maximum absolute atomic E-state index is 11.5. The molecule has 3 nitrogen and oxygen atoms in total. The number of benzene rings is 2. The van der Waals surface area contributed by atoms with Gasteiger partial charge in [0.25, 0.3) is 0 Å². The molecule has 0 bridgehead atoms. The number of amides is 1. The molecule has 1 amide bonds. The lowest BCUT2D eigenvalue weighted by Gasteiger charge is -2.18. The first-order valence-electron chi connectivity index (χ1n) is 11.7. The summed E-state index contributed by atoms with van der Waals surface area (Å²) in [6, 6.07) is 19.0. The first-order valence-corrected chi connectivity index (χ1v) is 11.7. The normalized spacial score (nSPS) is 15.3. The van der Waals surface area contributed by atoms with Gasteiger partial charge in [0.2, 0.25) is 5.91 Å². The lowest BCUT2D eigenvalue weighted by atomic mass is 9.87. The first-order chi connectivity index (χ1) is 14.7. The average molecular weight is 423 g/mol. The van der Waals surface area contributed by atoms with Crippen LogP contribution in [0.25, 0.3) is 0 Å². The minimum absolute atomic E-state index is 0.0325. The summed E-state index contributed by atoms with van der Waals surface area (Å²) < 4.78 is 0. The molecule has 0 aliphatic carbocycles. The molecular weight excluding hydrogens is 380 g/mol. The quantitative estimate of drug-likeness (QED) is 0.502. The van der Waals surface area contributed by atoms with Gasteiger partial charge in [-0.1, -0.05) is 103 Å². The van der Waals surface area contributed by atoms with E-state index in [0.717, 1.165) is 25.0 Å². The van der Waals surface area contributed by atoms with Gasteiger partial charge in [-0.25, -0.2) is 5.01 Å². The number of hydrogen-bond acceptors (Lipinski definition) is 2. The van der Waals surface area contributed by atoms with Crippen LogP contribution in [0.5, 0.6) is 0 Å². The molecule has 0 radical (unpaired) electrons. The molecule has 1 unspecified atom stereocenters. The maximum atomic E-state index is 11.5. The van der Waals surface area contributed by atoms with E-state index in [1.165, 1.54) is 16.7 Å². The minimum Gasteiger partial charge on any atom is -0.273 e. The molecule has 0 spiro atoms. The van der Waals surface area contributed by atoms with E-state index in [9.17, 15) is 4.79 Å². The Morgan fingerprint density at radius 2 is 1.61 bits per heavy atom. The summed E-state index contributed by atoms with van der Waals surface area (Å²) in [6.07, 6.45) is 3.27. The zero-order valence-corrected chi connectivity index (χ0v) is 20.9. The number of carbonyl (C=O) groups excluding carboxylic acids is 1. The number of aryl methyl sites for hydroxylation is 1. The molecule has 3 rings (SSSR count). The third-order valence-electron chi connectivity index (χ3n) is 5.36. The number of unbranched alkanes of at least 4 members (excludes halogenated alkanes) is 1. The van der Waals surface area contributed by atoms with Crippen molar-refractivity contribution in [2.45, 2.75) is 86.0 Å². The monoisotopic (exact) mass is 422 g/mol. The zero-order chi connectivity index (χ0) is 23.4. The highest BCUT2D eigenvalue weighted by Crippen LogP contribution is 2.29. The summed E-state index contributed by atoms with van der Waals surface area (Å²) in [5.41, 5.74) is 5.44. The van der Waals surface area contributed by atoms with E-state index in [4.69, 9.17) is 0 Å². The van der Waals surface area contributed by atoms with Crippen molar-refractivity contribution in [3.8, 4) is 0 Å². The van der Waals surface area contributed by atoms with E-state index in [1.807, 2.05) is 13.8 Å². The van der Waals surface area contributed by atoms with Gasteiger partial charge in [0.15, 0.2) is 0 Å². The number of nitrogens with zero attached hydrogens (tertiary/aromatic N) is 2. The van der Waals surface area contributed by atoms with Crippen LogP contribution in [0, 0.1) is 6.92 Å². The van der Waals surface area contributed by atoms with Crippen molar-refractivity contribution in [2.75, 3.05) is 6.54 Å². The molecule has 1 aliphatic heterocycles. The van der Waals surface area contributed by atoms with Crippen molar-refractivity contribution < 1.29 is 4.79 Å². The summed E-state index contributed by atoms with van der Waals surface area (Å²) in [7, 11) is 0. The highest BCUT2D eigenvalue weighted by atomic mass is 16.2. The van der Waals surface area contributed by atoms with Crippen LogP contribution in [-0.4, -0.2) is 23.2 Å². The van der Waals surface area contributed by atoms with Crippen LogP contribution in [0.3, 0.4) is 0 Å². The largest absolute Gasteiger partial charge is 0.273 e. The Morgan fingerprint density at radius 3 is 2.10 bits per heavy atom. The number of rotatable bonds is 4. The van der Waals surface area contributed by atoms with E-state index in [0.29, 0.717) is 12.0 Å². The highest BCUT2D eigenvalue weighted by molar-refractivity contribution is 5.94. The van der Waals surface area contributed by atoms with Gasteiger partial charge in [0, 0.05) is 18.6 Å². The molecule has 3 heteroatoms. The van der Waals surface area contributed by atoms with Gasteiger partial charge in [-0.2, -0.15) is 5.10 Å². The van der Waals surface area contributed by atoms with Crippen LogP contribution in [0.15, 0.2) is 59.7 Å². The molecule has 0 N–H and O–H groups in total. The van der Waals surface area contributed by atoms with Crippen molar-refractivity contribution in [1.29, 1.82) is 0 Å². The summed E-state index contributed by atoms with van der Waals surface area (Å²) in [6.45, 7) is 17.3. The molecule has 0 saturated carbocycles. The van der Waals surface area contributed by atoms with Gasteiger partial charge in [0.05, 0.1) is 6.54 Å². The molecule has 0 fully saturated rings. The number of hydrazone groups is 1. The molecule has 1 aliphatic rings. The summed E-state index contributed by atoms with van der Waals surface area (Å²) in [5.74, 6) is 0.307. The Morgan fingerprint density at radius 1 is 1.03 bits per heavy atom. The van der Waals surface area contributed by atoms with Gasteiger partial charge in [0.1, 0.15) is 0 Å². The number of hydrogen-bond donors (Lipinski definition) is 0. The van der Waals surface area contributed by atoms with Crippen molar-refractivity contribution in [1.82, 2.24) is 5.01 Å². The predicted molar refractivity (Wildman–Crippen MR) is 135 cm³/mol. The van der Waals surface area contributed by atoms with Crippen molar-refractivity contribution >= 4 is 11.6 Å². The van der Waals surface area contributed by atoms with Crippen LogP contribution < -0.4 is 0 Å². The van der Waals surface area contributed by atoms with Crippen LogP contribution >= 0.6 is 0 Å². The third kappa shape index (κ3) is 8.32. The highest BCUT2D eigenvalue weighted by Gasteiger charge is 2.30. The van der Waals surface area contributed by atoms with E-state index in [2.05, 4.69) is 94.3 Å². The first kappa shape index (κ1) is 26.6. The zero-order valence-electron chi connectivity index (χ0n) is 20.9. The molecule has 1 heterocycles. The molecule has 170 valence electrons. The second kappa shape index (κ2) is 13.1. The Balaban J connectivity index is 0.000000337. The smallest absolute Gasteiger partial charge is 0.239 e. The third-order valence-corrected chi connectivity index (χ3v) is 5.36. The second-order valence-corrected chi connectivity index (χ2v) is 8.82. The van der Waals surface area contributed by atoms with E-state index in [-0.39, 0.29) is 11.8 Å². The average Bonchev–Trinajstić information content (AvgIpc) is 3.19. The fraction of sp³-hybridized carbons (Fsp3) is 0.500.